The minimum absolute atomic E-state index is 0.109. The number of hydrogen-bond acceptors (Lipinski definition) is 3. The summed E-state index contributed by atoms with van der Waals surface area (Å²) in [6.45, 7) is 9.43. The summed E-state index contributed by atoms with van der Waals surface area (Å²) >= 11 is 0. The molecule has 4 nitrogen and oxygen atoms in total. The highest BCUT2D eigenvalue weighted by atomic mass is 19.3. The molecule has 0 bridgehead atoms. The molecule has 1 aliphatic heterocycles. The number of alkyl halides is 6. The van der Waals surface area contributed by atoms with Crippen molar-refractivity contribution in [2.45, 2.75) is 78.1 Å². The molecule has 11 heteroatoms. The smallest absolute Gasteiger partial charge is 0.385 e. The lowest BCUT2D eigenvalue weighted by molar-refractivity contribution is -0.0824. The zero-order valence-corrected chi connectivity index (χ0v) is 35.4. The van der Waals surface area contributed by atoms with E-state index in [9.17, 15) is 26.3 Å². The van der Waals surface area contributed by atoms with Crippen LogP contribution in [0.4, 0.5) is 26.3 Å². The molecule has 0 radical (unpaired) electrons. The van der Waals surface area contributed by atoms with Gasteiger partial charge in [0.05, 0.1) is 24.6 Å². The Balaban J connectivity index is 1.67. The number of nitrogens with zero attached hydrogens (tertiary/aromatic N) is 2. The molecule has 0 fully saturated rings. The maximum Gasteiger partial charge on any atom is 0.598 e. The summed E-state index contributed by atoms with van der Waals surface area (Å²) in [4.78, 5) is 5.14. The number of benzene rings is 4. The van der Waals surface area contributed by atoms with E-state index in [-0.39, 0.29) is 10.8 Å². The third-order valence-corrected chi connectivity index (χ3v) is 10.4. The molecule has 0 atom stereocenters. The maximum absolute atomic E-state index is 14.6. The van der Waals surface area contributed by atoms with Crippen LogP contribution in [0.1, 0.15) is 80.6 Å². The van der Waals surface area contributed by atoms with Crippen LogP contribution in [-0.2, 0) is 20.1 Å². The third-order valence-electron chi connectivity index (χ3n) is 10.4. The SMILES string of the molecule is Cc1ccc(C2=N/C(=C\c3c(-c4ccc(C(C)(C)C)cc4)cc(-c4ccc(C)cc4)n3B(OCC(F)(F)CF)OCC(F)(F)CF)C(c3ccc(C(C)(C)C)cc3)=C2)cc1. The highest BCUT2D eigenvalue weighted by Gasteiger charge is 2.40. The van der Waals surface area contributed by atoms with E-state index in [1.165, 1.54) is 4.48 Å². The Morgan fingerprint density at radius 1 is 0.600 bits per heavy atom. The fraction of sp³-hybridized carbons (Fsp3) is 0.327. The Morgan fingerprint density at radius 3 is 1.48 bits per heavy atom. The first kappa shape index (κ1) is 44.4. The maximum atomic E-state index is 14.6. The van der Waals surface area contributed by atoms with Crippen molar-refractivity contribution in [2.24, 2.45) is 4.99 Å². The van der Waals surface area contributed by atoms with Gasteiger partial charge in [0.25, 0.3) is 11.8 Å². The predicted octanol–water partition coefficient (Wildman–Crippen LogP) is 13.0. The van der Waals surface area contributed by atoms with Gasteiger partial charge < -0.3 is 13.8 Å². The Morgan fingerprint density at radius 2 is 1.03 bits per heavy atom. The van der Waals surface area contributed by atoms with Gasteiger partial charge in [0.2, 0.25) is 0 Å². The summed E-state index contributed by atoms with van der Waals surface area (Å²) in [7, 11) is -1.99. The van der Waals surface area contributed by atoms with Crippen molar-refractivity contribution >= 4 is 24.6 Å². The van der Waals surface area contributed by atoms with Gasteiger partial charge in [-0.3, -0.25) is 0 Å². The molecule has 0 spiro atoms. The molecule has 0 amide bonds. The van der Waals surface area contributed by atoms with E-state index in [1.54, 1.807) is 18.2 Å². The van der Waals surface area contributed by atoms with Gasteiger partial charge in [-0.2, -0.15) is 0 Å². The fourth-order valence-corrected chi connectivity index (χ4v) is 6.83. The van der Waals surface area contributed by atoms with Crippen LogP contribution in [0.15, 0.2) is 120 Å². The summed E-state index contributed by atoms with van der Waals surface area (Å²) in [6.07, 6.45) is 3.73. The first-order chi connectivity index (χ1) is 28.2. The summed E-state index contributed by atoms with van der Waals surface area (Å²) in [6, 6.07) is 33.1. The quantitative estimate of drug-likeness (QED) is 0.0826. The Kier molecular flexibility index (Phi) is 12.9. The normalized spacial score (nSPS) is 14.5. The van der Waals surface area contributed by atoms with E-state index < -0.39 is 45.7 Å². The van der Waals surface area contributed by atoms with Gasteiger partial charge in [-0.25, -0.2) is 31.3 Å². The molecule has 0 unspecified atom stereocenters. The lowest BCUT2D eigenvalue weighted by Gasteiger charge is -2.24. The monoisotopic (exact) mass is 824 g/mol. The molecule has 60 heavy (non-hydrogen) atoms. The predicted molar refractivity (Wildman–Crippen MR) is 232 cm³/mol. The van der Waals surface area contributed by atoms with Gasteiger partial charge in [0, 0.05) is 28.1 Å². The number of aliphatic imine (C=N–C) groups is 1. The molecule has 0 saturated heterocycles. The number of aryl methyl sites for hydroxylation is 2. The molecule has 0 N–H and O–H groups in total. The van der Waals surface area contributed by atoms with E-state index in [0.29, 0.717) is 39.5 Å². The van der Waals surface area contributed by atoms with Crippen molar-refractivity contribution in [1.29, 1.82) is 0 Å². The van der Waals surface area contributed by atoms with E-state index in [0.717, 1.165) is 39.0 Å². The first-order valence-corrected chi connectivity index (χ1v) is 19.9. The molecule has 4 aromatic carbocycles. The molecular formula is C49H51BF6N2O2. The average Bonchev–Trinajstić information content (AvgIpc) is 3.80. The zero-order valence-electron chi connectivity index (χ0n) is 35.4. The standard InChI is InChI=1S/C49H51BF6N2O2/c1-32-9-13-36(14-10-32)42-25-40(34-17-21-38(22-18-34)46(3,4)5)43(57-42)27-45-41(35-19-23-39(24-20-35)47(6,7)8)26-44(37-15-11-33(2)12-16-37)58(45)50(59-30-48(53,54)28-51)60-31-49(55,56)29-52/h9-27H,28-31H2,1-8H3/b43-27-. The summed E-state index contributed by atoms with van der Waals surface area (Å²) < 4.78 is 98.2. The van der Waals surface area contributed by atoms with Crippen molar-refractivity contribution in [1.82, 2.24) is 4.48 Å². The van der Waals surface area contributed by atoms with Gasteiger partial charge in [-0.15, -0.1) is 0 Å². The number of rotatable bonds is 14. The highest BCUT2D eigenvalue weighted by Crippen LogP contribution is 2.40. The van der Waals surface area contributed by atoms with Crippen LogP contribution in [-0.4, -0.2) is 55.9 Å². The molecule has 314 valence electrons. The van der Waals surface area contributed by atoms with E-state index in [2.05, 4.69) is 53.7 Å². The number of aromatic nitrogens is 1. The van der Waals surface area contributed by atoms with Crippen molar-refractivity contribution in [3.63, 3.8) is 0 Å². The largest absolute Gasteiger partial charge is 0.598 e. The van der Waals surface area contributed by atoms with Crippen molar-refractivity contribution < 1.29 is 35.7 Å². The average molecular weight is 825 g/mol. The first-order valence-electron chi connectivity index (χ1n) is 19.9. The van der Waals surface area contributed by atoms with Crippen LogP contribution in [0.5, 0.6) is 0 Å². The lowest BCUT2D eigenvalue weighted by Crippen LogP contribution is -2.42. The number of allylic oxidation sites excluding steroid dienone is 2. The fourth-order valence-electron chi connectivity index (χ4n) is 6.83. The minimum Gasteiger partial charge on any atom is -0.385 e. The van der Waals surface area contributed by atoms with Crippen LogP contribution in [0.25, 0.3) is 34.0 Å². The molecule has 1 aliphatic rings. The Bertz CT molecular complexity index is 2350. The highest BCUT2D eigenvalue weighted by molar-refractivity contribution is 6.44. The molecule has 0 saturated carbocycles. The Labute approximate surface area is 349 Å². The summed E-state index contributed by atoms with van der Waals surface area (Å²) in [5.41, 5.74) is 10.0. The van der Waals surface area contributed by atoms with Gasteiger partial charge >= 0.3 is 7.25 Å². The van der Waals surface area contributed by atoms with Crippen molar-refractivity contribution in [3.05, 3.63) is 154 Å². The Hall–Kier alpha value is -5.13. The second kappa shape index (κ2) is 17.5. The molecule has 0 aliphatic carbocycles. The molecule has 1 aromatic heterocycles. The number of halogens is 6. The molecule has 2 heterocycles. The molecule has 6 rings (SSSR count). The van der Waals surface area contributed by atoms with Crippen LogP contribution in [0.3, 0.4) is 0 Å². The van der Waals surface area contributed by atoms with Gasteiger partial charge in [-0.1, -0.05) is 150 Å². The van der Waals surface area contributed by atoms with Gasteiger partial charge in [0.15, 0.2) is 13.3 Å². The van der Waals surface area contributed by atoms with E-state index >= 15 is 0 Å². The van der Waals surface area contributed by atoms with Crippen molar-refractivity contribution in [2.75, 3.05) is 26.6 Å². The third kappa shape index (κ3) is 10.4. The second-order valence-electron chi connectivity index (χ2n) is 17.6. The van der Waals surface area contributed by atoms with Gasteiger partial charge in [0.1, 0.15) is 0 Å². The summed E-state index contributed by atoms with van der Waals surface area (Å²) in [5, 5.41) is 0. The zero-order chi connectivity index (χ0) is 43.6. The second-order valence-corrected chi connectivity index (χ2v) is 17.6. The van der Waals surface area contributed by atoms with E-state index in [1.807, 2.05) is 98.8 Å². The summed E-state index contributed by atoms with van der Waals surface area (Å²) in [5.74, 6) is -7.95. The minimum atomic E-state index is -3.97. The van der Waals surface area contributed by atoms with Crippen LogP contribution < -0.4 is 0 Å². The van der Waals surface area contributed by atoms with Crippen LogP contribution in [0.2, 0.25) is 0 Å². The topological polar surface area (TPSA) is 35.8 Å². The molecular weight excluding hydrogens is 773 g/mol. The van der Waals surface area contributed by atoms with Crippen molar-refractivity contribution in [3.8, 4) is 22.4 Å². The molecule has 5 aromatic rings. The number of hydrogen-bond donors (Lipinski definition) is 0. The lowest BCUT2D eigenvalue weighted by atomic mass is 9.86. The van der Waals surface area contributed by atoms with E-state index in [4.69, 9.17) is 14.3 Å². The van der Waals surface area contributed by atoms with Crippen LogP contribution in [0, 0.1) is 13.8 Å². The van der Waals surface area contributed by atoms with Crippen LogP contribution >= 0.6 is 0 Å². The van der Waals surface area contributed by atoms with Gasteiger partial charge in [-0.05, 0) is 70.7 Å².